The van der Waals surface area contributed by atoms with E-state index in [0.717, 1.165) is 16.5 Å². The molecule has 3 rings (SSSR count). The summed E-state index contributed by atoms with van der Waals surface area (Å²) in [5.74, 6) is 0.401. The molecule has 0 spiro atoms. The van der Waals surface area contributed by atoms with Crippen LogP contribution in [0.5, 0.6) is 5.75 Å². The van der Waals surface area contributed by atoms with Crippen LogP contribution in [0.3, 0.4) is 0 Å². The monoisotopic (exact) mass is 326 g/mol. The summed E-state index contributed by atoms with van der Waals surface area (Å²) in [5.41, 5.74) is 2.31. The Bertz CT molecular complexity index is 859. The summed E-state index contributed by atoms with van der Waals surface area (Å²) in [6, 6.07) is 14.7. The van der Waals surface area contributed by atoms with Crippen molar-refractivity contribution < 1.29 is 9.53 Å². The first-order valence-electron chi connectivity index (χ1n) is 7.16. The second-order valence-electron chi connectivity index (χ2n) is 5.13. The molecular weight excluding hydrogens is 312 g/mol. The number of halogens is 1. The van der Waals surface area contributed by atoms with Gasteiger partial charge in [-0.05, 0) is 42.8 Å². The van der Waals surface area contributed by atoms with Gasteiger partial charge in [-0.15, -0.1) is 0 Å². The molecule has 0 aliphatic carbocycles. The zero-order chi connectivity index (χ0) is 16.2. The molecule has 0 fully saturated rings. The number of para-hydroxylation sites is 1. The highest BCUT2D eigenvalue weighted by Crippen LogP contribution is 2.23. The van der Waals surface area contributed by atoms with Crippen LogP contribution in [-0.4, -0.2) is 17.5 Å². The number of aryl methyl sites for hydroxylation is 1. The Kier molecular flexibility index (Phi) is 4.44. The van der Waals surface area contributed by atoms with Gasteiger partial charge in [-0.2, -0.15) is 0 Å². The van der Waals surface area contributed by atoms with Gasteiger partial charge in [-0.1, -0.05) is 29.8 Å². The van der Waals surface area contributed by atoms with Gasteiger partial charge in [-0.25, -0.2) is 0 Å². The van der Waals surface area contributed by atoms with Crippen molar-refractivity contribution in [2.75, 3.05) is 11.9 Å². The average molecular weight is 327 g/mol. The van der Waals surface area contributed by atoms with Crippen molar-refractivity contribution in [2.45, 2.75) is 6.92 Å². The standard InChI is InChI=1S/C18H15ClN2O2/c1-12-10-14(19)7-8-16(12)23-11-17(22)21-15-6-2-4-13-5-3-9-20-18(13)15/h2-10H,11H2,1H3,(H,21,22). The number of rotatable bonds is 4. The molecule has 5 heteroatoms. The predicted molar refractivity (Wildman–Crippen MR) is 92.1 cm³/mol. The largest absolute Gasteiger partial charge is 0.483 e. The molecule has 3 aromatic rings. The van der Waals surface area contributed by atoms with Gasteiger partial charge in [0.25, 0.3) is 5.91 Å². The van der Waals surface area contributed by atoms with Crippen LogP contribution in [0.4, 0.5) is 5.69 Å². The molecule has 0 saturated heterocycles. The fourth-order valence-electron chi connectivity index (χ4n) is 2.31. The number of anilines is 1. The molecule has 2 aromatic carbocycles. The minimum absolute atomic E-state index is 0.0777. The number of fused-ring (bicyclic) bond motifs is 1. The number of carbonyl (C=O) groups is 1. The Labute approximate surface area is 139 Å². The van der Waals surface area contributed by atoms with Gasteiger partial charge in [0, 0.05) is 16.6 Å². The van der Waals surface area contributed by atoms with Crippen molar-refractivity contribution in [3.05, 3.63) is 65.3 Å². The first kappa shape index (κ1) is 15.3. The zero-order valence-corrected chi connectivity index (χ0v) is 13.3. The third-order valence-electron chi connectivity index (χ3n) is 3.40. The van der Waals surface area contributed by atoms with Crippen molar-refractivity contribution in [2.24, 2.45) is 0 Å². The van der Waals surface area contributed by atoms with Crippen LogP contribution < -0.4 is 10.1 Å². The molecule has 0 aliphatic rings. The molecule has 0 bridgehead atoms. The topological polar surface area (TPSA) is 51.2 Å². The number of benzene rings is 2. The molecule has 0 aliphatic heterocycles. The van der Waals surface area contributed by atoms with E-state index in [1.807, 2.05) is 37.3 Å². The highest BCUT2D eigenvalue weighted by atomic mass is 35.5. The number of nitrogens with zero attached hydrogens (tertiary/aromatic N) is 1. The van der Waals surface area contributed by atoms with Crippen LogP contribution in [-0.2, 0) is 4.79 Å². The van der Waals surface area contributed by atoms with Crippen LogP contribution in [0, 0.1) is 6.92 Å². The maximum atomic E-state index is 12.1. The van der Waals surface area contributed by atoms with Gasteiger partial charge in [0.05, 0.1) is 11.2 Å². The third-order valence-corrected chi connectivity index (χ3v) is 3.64. The SMILES string of the molecule is Cc1cc(Cl)ccc1OCC(=O)Nc1cccc2cccnc12. The third kappa shape index (κ3) is 3.60. The van der Waals surface area contributed by atoms with Crippen LogP contribution in [0.15, 0.2) is 54.7 Å². The highest BCUT2D eigenvalue weighted by molar-refractivity contribution is 6.30. The molecule has 0 radical (unpaired) electrons. The fourth-order valence-corrected chi connectivity index (χ4v) is 2.54. The van der Waals surface area contributed by atoms with Gasteiger partial charge >= 0.3 is 0 Å². The summed E-state index contributed by atoms with van der Waals surface area (Å²) < 4.78 is 5.55. The zero-order valence-electron chi connectivity index (χ0n) is 12.5. The number of aromatic nitrogens is 1. The molecule has 4 nitrogen and oxygen atoms in total. The number of nitrogens with one attached hydrogen (secondary N) is 1. The fraction of sp³-hybridized carbons (Fsp3) is 0.111. The maximum absolute atomic E-state index is 12.1. The Morgan fingerprint density at radius 1 is 1.22 bits per heavy atom. The van der Waals surface area contributed by atoms with Gasteiger partial charge < -0.3 is 10.1 Å². The van der Waals surface area contributed by atoms with Gasteiger partial charge in [0.1, 0.15) is 5.75 Å². The molecule has 0 atom stereocenters. The van der Waals surface area contributed by atoms with Crippen molar-refractivity contribution in [3.63, 3.8) is 0 Å². The Hall–Kier alpha value is -2.59. The predicted octanol–water partition coefficient (Wildman–Crippen LogP) is 4.21. The van der Waals surface area contributed by atoms with Crippen LogP contribution in [0.2, 0.25) is 5.02 Å². The average Bonchev–Trinajstić information content (AvgIpc) is 2.54. The molecule has 116 valence electrons. The number of hydrogen-bond acceptors (Lipinski definition) is 3. The van der Waals surface area contributed by atoms with Crippen LogP contribution >= 0.6 is 11.6 Å². The molecule has 0 unspecified atom stereocenters. The van der Waals surface area contributed by atoms with Gasteiger partial charge in [0.15, 0.2) is 6.61 Å². The molecule has 0 saturated carbocycles. The number of pyridine rings is 1. The van der Waals surface area contributed by atoms with Crippen molar-refractivity contribution in [3.8, 4) is 5.75 Å². The van der Waals surface area contributed by atoms with Crippen molar-refractivity contribution in [1.29, 1.82) is 0 Å². The number of ether oxygens (including phenoxy) is 1. The van der Waals surface area contributed by atoms with E-state index in [9.17, 15) is 4.79 Å². The number of amides is 1. The number of carbonyl (C=O) groups excluding carboxylic acids is 1. The lowest BCUT2D eigenvalue weighted by atomic mass is 10.2. The van der Waals surface area contributed by atoms with E-state index in [1.165, 1.54) is 0 Å². The molecule has 1 heterocycles. The second-order valence-corrected chi connectivity index (χ2v) is 5.56. The van der Waals surface area contributed by atoms with Crippen molar-refractivity contribution in [1.82, 2.24) is 4.98 Å². The first-order chi connectivity index (χ1) is 11.1. The van der Waals surface area contributed by atoms with E-state index in [2.05, 4.69) is 10.3 Å². The Morgan fingerprint density at radius 2 is 2.04 bits per heavy atom. The van der Waals surface area contributed by atoms with E-state index in [4.69, 9.17) is 16.3 Å². The highest BCUT2D eigenvalue weighted by Gasteiger charge is 2.08. The van der Waals surface area contributed by atoms with E-state index in [-0.39, 0.29) is 12.5 Å². The Balaban J connectivity index is 1.69. The summed E-state index contributed by atoms with van der Waals surface area (Å²) in [6.45, 7) is 1.80. The van der Waals surface area contributed by atoms with E-state index in [1.54, 1.807) is 24.4 Å². The Morgan fingerprint density at radius 3 is 2.87 bits per heavy atom. The normalized spacial score (nSPS) is 10.5. The maximum Gasteiger partial charge on any atom is 0.262 e. The molecule has 1 aromatic heterocycles. The summed E-state index contributed by atoms with van der Waals surface area (Å²) in [5, 5.41) is 4.45. The summed E-state index contributed by atoms with van der Waals surface area (Å²) >= 11 is 5.90. The van der Waals surface area contributed by atoms with Crippen molar-refractivity contribution >= 4 is 34.1 Å². The van der Waals surface area contributed by atoms with E-state index in [0.29, 0.717) is 16.5 Å². The van der Waals surface area contributed by atoms with Crippen LogP contribution in [0.1, 0.15) is 5.56 Å². The van der Waals surface area contributed by atoms with Gasteiger partial charge in [-0.3, -0.25) is 9.78 Å². The lowest BCUT2D eigenvalue weighted by Gasteiger charge is -2.11. The lowest BCUT2D eigenvalue weighted by molar-refractivity contribution is -0.118. The minimum Gasteiger partial charge on any atom is -0.483 e. The van der Waals surface area contributed by atoms with Crippen LogP contribution in [0.25, 0.3) is 10.9 Å². The first-order valence-corrected chi connectivity index (χ1v) is 7.54. The minimum atomic E-state index is -0.238. The molecule has 1 amide bonds. The van der Waals surface area contributed by atoms with E-state index < -0.39 is 0 Å². The quantitative estimate of drug-likeness (QED) is 0.781. The smallest absolute Gasteiger partial charge is 0.262 e. The molecular formula is C18H15ClN2O2. The van der Waals surface area contributed by atoms with Gasteiger partial charge in [0.2, 0.25) is 0 Å². The lowest BCUT2D eigenvalue weighted by Crippen LogP contribution is -2.20. The summed E-state index contributed by atoms with van der Waals surface area (Å²) in [7, 11) is 0. The second kappa shape index (κ2) is 6.67. The summed E-state index contributed by atoms with van der Waals surface area (Å²) in [6.07, 6.45) is 1.70. The molecule has 1 N–H and O–H groups in total. The molecule has 23 heavy (non-hydrogen) atoms. The summed E-state index contributed by atoms with van der Waals surface area (Å²) in [4.78, 5) is 16.4. The number of hydrogen-bond donors (Lipinski definition) is 1. The van der Waals surface area contributed by atoms with E-state index >= 15 is 0 Å².